The van der Waals surface area contributed by atoms with Crippen LogP contribution >= 0.6 is 0 Å². The Morgan fingerprint density at radius 3 is 2.74 bits per heavy atom. The summed E-state index contributed by atoms with van der Waals surface area (Å²) in [5, 5.41) is 12.1. The fraction of sp³-hybridized carbons (Fsp3) is 0.550. The molecule has 0 spiro atoms. The summed E-state index contributed by atoms with van der Waals surface area (Å²) >= 11 is 0. The van der Waals surface area contributed by atoms with Crippen LogP contribution in [0, 0.1) is 0 Å². The van der Waals surface area contributed by atoms with E-state index in [1.807, 2.05) is 25.1 Å². The number of aliphatic imine (C=N–C) groups is 1. The second-order valence-electron chi connectivity index (χ2n) is 6.66. The standard InChI is InChI=1S/C20H31N5O2/c1-3-22-20(23-12-5-8-18(26)25-17-9-10-17)24-13-11-15-6-4-7-16(14-15)19(27)21-2/h4,6-7,14,17H,3,5,8-13H2,1-2H3,(H,21,27)(H,25,26)(H2,22,23,24). The molecule has 2 amide bonds. The molecule has 1 aliphatic carbocycles. The number of rotatable bonds is 10. The molecule has 0 unspecified atom stereocenters. The highest BCUT2D eigenvalue weighted by Crippen LogP contribution is 2.18. The third-order valence-electron chi connectivity index (χ3n) is 4.24. The van der Waals surface area contributed by atoms with Crippen LogP contribution in [0.5, 0.6) is 0 Å². The van der Waals surface area contributed by atoms with Crippen molar-refractivity contribution in [3.8, 4) is 0 Å². The highest BCUT2D eigenvalue weighted by atomic mass is 16.2. The molecule has 2 rings (SSSR count). The van der Waals surface area contributed by atoms with Crippen molar-refractivity contribution >= 4 is 17.8 Å². The number of benzene rings is 1. The number of guanidine groups is 1. The van der Waals surface area contributed by atoms with Crippen LogP contribution in [-0.4, -0.2) is 50.5 Å². The molecule has 1 saturated carbocycles. The van der Waals surface area contributed by atoms with Gasteiger partial charge in [-0.25, -0.2) is 0 Å². The van der Waals surface area contributed by atoms with Crippen molar-refractivity contribution in [2.75, 3.05) is 26.7 Å². The minimum Gasteiger partial charge on any atom is -0.357 e. The molecule has 27 heavy (non-hydrogen) atoms. The molecule has 0 radical (unpaired) electrons. The summed E-state index contributed by atoms with van der Waals surface area (Å²) in [6, 6.07) is 8.04. The van der Waals surface area contributed by atoms with E-state index < -0.39 is 0 Å². The fourth-order valence-electron chi connectivity index (χ4n) is 2.64. The number of hydrogen-bond acceptors (Lipinski definition) is 3. The summed E-state index contributed by atoms with van der Waals surface area (Å²) in [5.41, 5.74) is 1.76. The minimum absolute atomic E-state index is 0.0783. The van der Waals surface area contributed by atoms with Crippen LogP contribution in [0.2, 0.25) is 0 Å². The smallest absolute Gasteiger partial charge is 0.251 e. The molecule has 7 heteroatoms. The number of hydrogen-bond donors (Lipinski definition) is 4. The summed E-state index contributed by atoms with van der Waals surface area (Å²) in [5.74, 6) is 0.801. The summed E-state index contributed by atoms with van der Waals surface area (Å²) in [6.07, 6.45) is 4.28. The molecule has 1 aliphatic rings. The van der Waals surface area contributed by atoms with Crippen LogP contribution in [0.3, 0.4) is 0 Å². The average Bonchev–Trinajstić information content (AvgIpc) is 3.48. The first-order valence-corrected chi connectivity index (χ1v) is 9.75. The molecule has 0 aliphatic heterocycles. The van der Waals surface area contributed by atoms with Crippen LogP contribution in [0.1, 0.15) is 48.5 Å². The highest BCUT2D eigenvalue weighted by Gasteiger charge is 2.22. The molecule has 0 saturated heterocycles. The Hall–Kier alpha value is -2.57. The molecule has 7 nitrogen and oxygen atoms in total. The van der Waals surface area contributed by atoms with E-state index in [2.05, 4.69) is 26.3 Å². The first-order valence-electron chi connectivity index (χ1n) is 9.75. The van der Waals surface area contributed by atoms with Crippen molar-refractivity contribution in [3.63, 3.8) is 0 Å². The summed E-state index contributed by atoms with van der Waals surface area (Å²) < 4.78 is 0. The van der Waals surface area contributed by atoms with E-state index in [1.165, 1.54) is 0 Å². The first-order chi connectivity index (χ1) is 13.1. The Kier molecular flexibility index (Phi) is 8.61. The Morgan fingerprint density at radius 2 is 2.04 bits per heavy atom. The number of nitrogens with one attached hydrogen (secondary N) is 4. The maximum Gasteiger partial charge on any atom is 0.251 e. The second-order valence-corrected chi connectivity index (χ2v) is 6.66. The van der Waals surface area contributed by atoms with Crippen molar-refractivity contribution in [2.24, 2.45) is 4.99 Å². The Labute approximate surface area is 161 Å². The van der Waals surface area contributed by atoms with Gasteiger partial charge >= 0.3 is 0 Å². The summed E-state index contributed by atoms with van der Waals surface area (Å²) in [7, 11) is 1.63. The maximum absolute atomic E-state index is 11.7. The minimum atomic E-state index is -0.0783. The van der Waals surface area contributed by atoms with Gasteiger partial charge in [0.2, 0.25) is 5.91 Å². The number of nitrogens with zero attached hydrogens (tertiary/aromatic N) is 1. The molecular formula is C20H31N5O2. The van der Waals surface area contributed by atoms with E-state index in [1.54, 1.807) is 13.1 Å². The molecule has 4 N–H and O–H groups in total. The van der Waals surface area contributed by atoms with Gasteiger partial charge in [0.15, 0.2) is 5.96 Å². The Morgan fingerprint density at radius 1 is 1.22 bits per heavy atom. The lowest BCUT2D eigenvalue weighted by molar-refractivity contribution is -0.121. The monoisotopic (exact) mass is 373 g/mol. The van der Waals surface area contributed by atoms with Gasteiger partial charge in [0.25, 0.3) is 5.91 Å². The van der Waals surface area contributed by atoms with E-state index in [0.717, 1.165) is 43.8 Å². The SMILES string of the molecule is CCNC(=NCCCC(=O)NC1CC1)NCCc1cccc(C(=O)NC)c1. The van der Waals surface area contributed by atoms with Crippen molar-refractivity contribution < 1.29 is 9.59 Å². The van der Waals surface area contributed by atoms with Gasteiger partial charge in [-0.1, -0.05) is 12.1 Å². The maximum atomic E-state index is 11.7. The molecule has 1 fully saturated rings. The lowest BCUT2D eigenvalue weighted by Crippen LogP contribution is -2.38. The van der Waals surface area contributed by atoms with Crippen molar-refractivity contribution in [1.29, 1.82) is 0 Å². The lowest BCUT2D eigenvalue weighted by atomic mass is 10.1. The number of amides is 2. The molecule has 1 aromatic carbocycles. The van der Waals surface area contributed by atoms with Crippen LogP contribution in [0.25, 0.3) is 0 Å². The summed E-state index contributed by atoms with van der Waals surface area (Å²) in [6.45, 7) is 4.12. The zero-order valence-electron chi connectivity index (χ0n) is 16.3. The third kappa shape index (κ3) is 8.11. The van der Waals surface area contributed by atoms with Gasteiger partial charge in [-0.05, 0) is 50.3 Å². The molecule has 0 bridgehead atoms. The molecular weight excluding hydrogens is 342 g/mol. The van der Waals surface area contributed by atoms with Crippen LogP contribution in [-0.2, 0) is 11.2 Å². The predicted molar refractivity (Wildman–Crippen MR) is 108 cm³/mol. The van der Waals surface area contributed by atoms with Crippen LogP contribution < -0.4 is 21.3 Å². The van der Waals surface area contributed by atoms with E-state index >= 15 is 0 Å². The zero-order valence-corrected chi connectivity index (χ0v) is 16.3. The topological polar surface area (TPSA) is 94.6 Å². The fourth-order valence-corrected chi connectivity index (χ4v) is 2.64. The third-order valence-corrected chi connectivity index (χ3v) is 4.24. The first kappa shape index (κ1) is 20.7. The molecule has 0 atom stereocenters. The van der Waals surface area contributed by atoms with E-state index in [0.29, 0.717) is 31.1 Å². The normalized spacial score (nSPS) is 13.8. The van der Waals surface area contributed by atoms with Crippen LogP contribution in [0.4, 0.5) is 0 Å². The van der Waals surface area contributed by atoms with Gasteiger partial charge < -0.3 is 21.3 Å². The quantitative estimate of drug-likeness (QED) is 0.282. The van der Waals surface area contributed by atoms with Gasteiger partial charge in [-0.2, -0.15) is 0 Å². The predicted octanol–water partition coefficient (Wildman–Crippen LogP) is 1.20. The molecule has 0 heterocycles. The highest BCUT2D eigenvalue weighted by molar-refractivity contribution is 5.94. The number of carbonyl (C=O) groups excluding carboxylic acids is 2. The lowest BCUT2D eigenvalue weighted by Gasteiger charge is -2.11. The van der Waals surface area contributed by atoms with Crippen LogP contribution in [0.15, 0.2) is 29.3 Å². The largest absolute Gasteiger partial charge is 0.357 e. The van der Waals surface area contributed by atoms with Gasteiger partial charge in [0.05, 0.1) is 0 Å². The van der Waals surface area contributed by atoms with E-state index in [9.17, 15) is 9.59 Å². The second kappa shape index (κ2) is 11.2. The van der Waals surface area contributed by atoms with Crippen molar-refractivity contribution in [2.45, 2.75) is 45.1 Å². The Balaban J connectivity index is 1.72. The van der Waals surface area contributed by atoms with Gasteiger partial charge in [0, 0.05) is 44.7 Å². The van der Waals surface area contributed by atoms with E-state index in [4.69, 9.17) is 0 Å². The van der Waals surface area contributed by atoms with Crippen molar-refractivity contribution in [3.05, 3.63) is 35.4 Å². The molecule has 0 aromatic heterocycles. The summed E-state index contributed by atoms with van der Waals surface area (Å²) in [4.78, 5) is 27.9. The molecule has 148 valence electrons. The molecule has 1 aromatic rings. The zero-order chi connectivity index (χ0) is 19.5. The van der Waals surface area contributed by atoms with Gasteiger partial charge in [0.1, 0.15) is 0 Å². The van der Waals surface area contributed by atoms with Crippen molar-refractivity contribution in [1.82, 2.24) is 21.3 Å². The Bertz CT molecular complexity index is 656. The van der Waals surface area contributed by atoms with Gasteiger partial charge in [-0.3, -0.25) is 14.6 Å². The van der Waals surface area contributed by atoms with E-state index in [-0.39, 0.29) is 11.8 Å². The van der Waals surface area contributed by atoms with Gasteiger partial charge in [-0.15, -0.1) is 0 Å². The number of carbonyl (C=O) groups is 2. The average molecular weight is 374 g/mol.